The molecule has 0 saturated carbocycles. The molecule has 1 saturated heterocycles. The number of hydrogen-bond donors (Lipinski definition) is 1. The molecule has 0 amide bonds. The summed E-state index contributed by atoms with van der Waals surface area (Å²) in [5.41, 5.74) is 0. The molecule has 84 valence electrons. The highest BCUT2D eigenvalue weighted by Gasteiger charge is 2.19. The zero-order valence-corrected chi connectivity index (χ0v) is 11.2. The number of halogens is 1. The second-order valence-corrected chi connectivity index (χ2v) is 6.30. The molecule has 2 rings (SSSR count). The normalized spacial score (nSPS) is 27.6. The molecule has 0 bridgehead atoms. The van der Waals surface area contributed by atoms with Crippen LogP contribution in [0.4, 0.5) is 0 Å². The van der Waals surface area contributed by atoms with Gasteiger partial charge < -0.3 is 10.1 Å². The number of rotatable bonds is 2. The van der Waals surface area contributed by atoms with Crippen LogP contribution in [0.2, 0.25) is 0 Å². The third-order valence-electron chi connectivity index (χ3n) is 2.78. The summed E-state index contributed by atoms with van der Waals surface area (Å²) in [4.78, 5) is 1.31. The molecule has 0 radical (unpaired) electrons. The van der Waals surface area contributed by atoms with Crippen molar-refractivity contribution in [3.63, 3.8) is 0 Å². The zero-order chi connectivity index (χ0) is 10.7. The Morgan fingerprint density at radius 2 is 2.47 bits per heavy atom. The highest BCUT2D eigenvalue weighted by molar-refractivity contribution is 9.11. The van der Waals surface area contributed by atoms with E-state index in [1.54, 1.807) is 11.3 Å². The van der Waals surface area contributed by atoms with Crippen LogP contribution in [0.1, 0.15) is 30.7 Å². The van der Waals surface area contributed by atoms with Crippen LogP contribution < -0.4 is 5.32 Å². The summed E-state index contributed by atoms with van der Waals surface area (Å²) in [5.74, 6) is 0. The molecular weight excluding hydrogens is 274 g/mol. The molecule has 0 aromatic carbocycles. The van der Waals surface area contributed by atoms with Gasteiger partial charge in [-0.1, -0.05) is 6.92 Å². The van der Waals surface area contributed by atoms with Crippen molar-refractivity contribution in [2.45, 2.75) is 31.9 Å². The molecule has 1 aliphatic rings. The Balaban J connectivity index is 1.99. The predicted octanol–water partition coefficient (Wildman–Crippen LogP) is 3.34. The first-order chi connectivity index (χ1) is 7.29. The molecule has 2 nitrogen and oxygen atoms in total. The minimum atomic E-state index is 0.234. The lowest BCUT2D eigenvalue weighted by Gasteiger charge is -2.14. The average molecular weight is 290 g/mol. The van der Waals surface area contributed by atoms with Crippen molar-refractivity contribution >= 4 is 27.3 Å². The summed E-state index contributed by atoms with van der Waals surface area (Å²) in [6, 6.07) is 4.86. The van der Waals surface area contributed by atoms with E-state index in [0.717, 1.165) is 19.6 Å². The average Bonchev–Trinajstić information content (AvgIpc) is 2.54. The summed E-state index contributed by atoms with van der Waals surface area (Å²) in [7, 11) is 0. The lowest BCUT2D eigenvalue weighted by atomic mass is 10.1. The highest BCUT2D eigenvalue weighted by atomic mass is 79.9. The van der Waals surface area contributed by atoms with Gasteiger partial charge in [-0.25, -0.2) is 0 Å². The summed E-state index contributed by atoms with van der Waals surface area (Å²) in [5, 5.41) is 3.56. The Kier molecular flexibility index (Phi) is 4.20. The first-order valence-electron chi connectivity index (χ1n) is 5.40. The van der Waals surface area contributed by atoms with Gasteiger partial charge in [0.15, 0.2) is 0 Å². The zero-order valence-electron chi connectivity index (χ0n) is 8.83. The molecule has 1 fully saturated rings. The maximum absolute atomic E-state index is 5.86. The molecule has 2 atom stereocenters. The number of thiophene rings is 1. The molecule has 1 N–H and O–H groups in total. The molecule has 1 aliphatic heterocycles. The van der Waals surface area contributed by atoms with Gasteiger partial charge in [0.2, 0.25) is 0 Å². The van der Waals surface area contributed by atoms with Crippen molar-refractivity contribution in [3.8, 4) is 0 Å². The fraction of sp³-hybridized carbons (Fsp3) is 0.636. The molecule has 15 heavy (non-hydrogen) atoms. The van der Waals surface area contributed by atoms with Crippen molar-refractivity contribution in [2.75, 3.05) is 13.2 Å². The molecular formula is C11H16BrNOS. The van der Waals surface area contributed by atoms with Crippen LogP contribution in [-0.2, 0) is 4.74 Å². The van der Waals surface area contributed by atoms with Crippen molar-refractivity contribution in [2.24, 2.45) is 0 Å². The fourth-order valence-corrected chi connectivity index (χ4v) is 3.29. The minimum Gasteiger partial charge on any atom is -0.371 e. The lowest BCUT2D eigenvalue weighted by Crippen LogP contribution is -2.29. The van der Waals surface area contributed by atoms with Crippen LogP contribution in [0.25, 0.3) is 0 Å². The van der Waals surface area contributed by atoms with Gasteiger partial charge in [-0.05, 0) is 40.9 Å². The van der Waals surface area contributed by atoms with E-state index in [0.29, 0.717) is 6.04 Å². The molecule has 1 aromatic heterocycles. The van der Waals surface area contributed by atoms with Crippen molar-refractivity contribution in [1.82, 2.24) is 5.32 Å². The van der Waals surface area contributed by atoms with E-state index >= 15 is 0 Å². The summed E-state index contributed by atoms with van der Waals surface area (Å²) in [6.45, 7) is 4.02. The highest BCUT2D eigenvalue weighted by Crippen LogP contribution is 2.30. The van der Waals surface area contributed by atoms with Gasteiger partial charge in [0.05, 0.1) is 3.79 Å². The van der Waals surface area contributed by atoms with E-state index in [1.165, 1.54) is 15.1 Å². The molecule has 1 aromatic rings. The van der Waals surface area contributed by atoms with E-state index in [1.807, 2.05) is 0 Å². The van der Waals surface area contributed by atoms with Crippen LogP contribution in [0.5, 0.6) is 0 Å². The maximum atomic E-state index is 5.86. The Morgan fingerprint density at radius 3 is 3.13 bits per heavy atom. The van der Waals surface area contributed by atoms with E-state index in [9.17, 15) is 0 Å². The molecule has 4 heteroatoms. The van der Waals surface area contributed by atoms with E-state index in [4.69, 9.17) is 4.74 Å². The third kappa shape index (κ3) is 3.03. The van der Waals surface area contributed by atoms with Crippen molar-refractivity contribution < 1.29 is 4.74 Å². The van der Waals surface area contributed by atoms with Gasteiger partial charge in [-0.2, -0.15) is 0 Å². The maximum Gasteiger partial charge on any atom is 0.104 e. The summed E-state index contributed by atoms with van der Waals surface area (Å²) >= 11 is 5.25. The van der Waals surface area contributed by atoms with Crippen molar-refractivity contribution in [1.29, 1.82) is 0 Å². The Labute approximate surface area is 103 Å². The number of nitrogens with one attached hydrogen (secondary N) is 1. The smallest absolute Gasteiger partial charge is 0.104 e. The van der Waals surface area contributed by atoms with Gasteiger partial charge in [-0.15, -0.1) is 11.3 Å². The predicted molar refractivity (Wildman–Crippen MR) is 67.4 cm³/mol. The van der Waals surface area contributed by atoms with Crippen LogP contribution in [-0.4, -0.2) is 19.2 Å². The number of ether oxygens (including phenoxy) is 1. The van der Waals surface area contributed by atoms with Crippen molar-refractivity contribution in [3.05, 3.63) is 20.8 Å². The monoisotopic (exact) mass is 289 g/mol. The molecule has 2 heterocycles. The fourth-order valence-electron chi connectivity index (χ4n) is 1.82. The van der Waals surface area contributed by atoms with Gasteiger partial charge in [0.25, 0.3) is 0 Å². The Hall–Kier alpha value is 0.1000. The van der Waals surface area contributed by atoms with Crippen LogP contribution >= 0.6 is 27.3 Å². The first kappa shape index (κ1) is 11.6. The quantitative estimate of drug-likeness (QED) is 0.902. The van der Waals surface area contributed by atoms with Gasteiger partial charge in [-0.3, -0.25) is 0 Å². The van der Waals surface area contributed by atoms with Gasteiger partial charge >= 0.3 is 0 Å². The van der Waals surface area contributed by atoms with E-state index in [-0.39, 0.29) is 6.10 Å². The Bertz CT molecular complexity index is 315. The summed E-state index contributed by atoms with van der Waals surface area (Å²) in [6.07, 6.45) is 2.54. The third-order valence-corrected chi connectivity index (χ3v) is 4.50. The SMILES string of the molecule is CCC1CCOC(c2ccc(Br)s2)CN1. The van der Waals surface area contributed by atoms with Crippen LogP contribution in [0.3, 0.4) is 0 Å². The lowest BCUT2D eigenvalue weighted by molar-refractivity contribution is 0.0688. The summed E-state index contributed by atoms with van der Waals surface area (Å²) < 4.78 is 7.04. The minimum absolute atomic E-state index is 0.234. The number of hydrogen-bond acceptors (Lipinski definition) is 3. The first-order valence-corrected chi connectivity index (χ1v) is 7.00. The largest absolute Gasteiger partial charge is 0.371 e. The van der Waals surface area contributed by atoms with E-state index in [2.05, 4.69) is 40.3 Å². The van der Waals surface area contributed by atoms with Gasteiger partial charge in [0, 0.05) is 24.1 Å². The van der Waals surface area contributed by atoms with Crippen LogP contribution in [0.15, 0.2) is 15.9 Å². The topological polar surface area (TPSA) is 21.3 Å². The standard InChI is InChI=1S/C11H16BrNOS/c1-2-8-5-6-14-9(7-13-8)10-3-4-11(12)15-10/h3-4,8-9,13H,2,5-7H2,1H3. The molecule has 2 unspecified atom stereocenters. The molecule has 0 aliphatic carbocycles. The second-order valence-electron chi connectivity index (χ2n) is 3.80. The Morgan fingerprint density at radius 1 is 1.60 bits per heavy atom. The second kappa shape index (κ2) is 5.43. The molecule has 0 spiro atoms. The van der Waals surface area contributed by atoms with Gasteiger partial charge in [0.1, 0.15) is 6.10 Å². The van der Waals surface area contributed by atoms with E-state index < -0.39 is 0 Å². The van der Waals surface area contributed by atoms with Crippen LogP contribution in [0, 0.1) is 0 Å².